The molecule has 0 bridgehead atoms. The number of rotatable bonds is 6. The quantitative estimate of drug-likeness (QED) is 0.701. The Bertz CT molecular complexity index is 902. The zero-order valence-electron chi connectivity index (χ0n) is 15.6. The van der Waals surface area contributed by atoms with Gasteiger partial charge in [-0.1, -0.05) is 48.5 Å². The van der Waals surface area contributed by atoms with E-state index in [0.29, 0.717) is 12.1 Å². The lowest BCUT2D eigenvalue weighted by Crippen LogP contribution is -2.23. The Morgan fingerprint density at radius 1 is 0.926 bits per heavy atom. The number of nitrogens with one attached hydrogen (secondary N) is 1. The van der Waals surface area contributed by atoms with E-state index in [1.807, 2.05) is 32.3 Å². The molecule has 138 valence electrons. The van der Waals surface area contributed by atoms with Crippen molar-refractivity contribution in [3.63, 3.8) is 0 Å². The van der Waals surface area contributed by atoms with Crippen LogP contribution in [0.5, 0.6) is 0 Å². The molecule has 0 spiro atoms. The Kier molecular flexibility index (Phi) is 5.99. The first-order chi connectivity index (χ1) is 13.0. The maximum Gasteiger partial charge on any atom is 0.251 e. The second-order valence-electron chi connectivity index (χ2n) is 6.78. The first-order valence-corrected chi connectivity index (χ1v) is 8.88. The molecule has 0 saturated heterocycles. The summed E-state index contributed by atoms with van der Waals surface area (Å²) in [7, 11) is 4.10. The van der Waals surface area contributed by atoms with Crippen molar-refractivity contribution < 1.29 is 9.18 Å². The highest BCUT2D eigenvalue weighted by Crippen LogP contribution is 2.24. The molecule has 3 aromatic rings. The highest BCUT2D eigenvalue weighted by Gasteiger charge is 2.09. The van der Waals surface area contributed by atoms with Gasteiger partial charge in [0, 0.05) is 18.7 Å². The maximum atomic E-state index is 13.0. The molecule has 4 heteroatoms. The zero-order valence-corrected chi connectivity index (χ0v) is 15.6. The van der Waals surface area contributed by atoms with Crippen LogP contribution in [0.4, 0.5) is 4.39 Å². The molecule has 3 nitrogen and oxygen atoms in total. The molecule has 0 aliphatic rings. The Hall–Kier alpha value is -2.98. The molecule has 0 heterocycles. The molecular formula is C23H23FN2O. The average Bonchev–Trinajstić information content (AvgIpc) is 2.67. The number of carbonyl (C=O) groups is 1. The van der Waals surface area contributed by atoms with Crippen molar-refractivity contribution in [3.8, 4) is 11.1 Å². The van der Waals surface area contributed by atoms with Crippen molar-refractivity contribution in [2.24, 2.45) is 0 Å². The summed E-state index contributed by atoms with van der Waals surface area (Å²) in [6.07, 6.45) is 0. The fraction of sp³-hybridized carbons (Fsp3) is 0.174. The van der Waals surface area contributed by atoms with E-state index in [4.69, 9.17) is 0 Å². The minimum absolute atomic E-state index is 0.217. The van der Waals surface area contributed by atoms with Crippen LogP contribution in [0.2, 0.25) is 0 Å². The van der Waals surface area contributed by atoms with E-state index in [-0.39, 0.29) is 11.7 Å². The summed E-state index contributed by atoms with van der Waals surface area (Å²) in [5.41, 5.74) is 4.94. The van der Waals surface area contributed by atoms with Crippen LogP contribution >= 0.6 is 0 Å². The highest BCUT2D eigenvalue weighted by molar-refractivity contribution is 5.94. The maximum absolute atomic E-state index is 13.0. The van der Waals surface area contributed by atoms with E-state index in [1.165, 1.54) is 29.8 Å². The fourth-order valence-electron chi connectivity index (χ4n) is 2.99. The van der Waals surface area contributed by atoms with Crippen LogP contribution < -0.4 is 5.32 Å². The molecule has 0 fully saturated rings. The minimum atomic E-state index is -0.352. The van der Waals surface area contributed by atoms with E-state index in [0.717, 1.165) is 23.2 Å². The SMILES string of the molecule is CN(C)Cc1ccc(-c2ccccc2CNC(=O)c2ccc(F)cc2)cc1. The van der Waals surface area contributed by atoms with Crippen molar-refractivity contribution in [2.45, 2.75) is 13.1 Å². The van der Waals surface area contributed by atoms with Crippen molar-refractivity contribution in [2.75, 3.05) is 14.1 Å². The Morgan fingerprint density at radius 3 is 2.26 bits per heavy atom. The van der Waals surface area contributed by atoms with Crippen LogP contribution in [-0.4, -0.2) is 24.9 Å². The summed E-state index contributed by atoms with van der Waals surface area (Å²) in [6.45, 7) is 1.31. The molecule has 3 rings (SSSR count). The lowest BCUT2D eigenvalue weighted by molar-refractivity contribution is 0.0951. The third kappa shape index (κ3) is 5.02. The van der Waals surface area contributed by atoms with Crippen molar-refractivity contribution >= 4 is 5.91 Å². The average molecular weight is 362 g/mol. The van der Waals surface area contributed by atoms with Gasteiger partial charge < -0.3 is 10.2 Å². The molecule has 0 unspecified atom stereocenters. The third-order valence-electron chi connectivity index (χ3n) is 4.33. The third-order valence-corrected chi connectivity index (χ3v) is 4.33. The van der Waals surface area contributed by atoms with Crippen LogP contribution in [0.25, 0.3) is 11.1 Å². The highest BCUT2D eigenvalue weighted by atomic mass is 19.1. The molecule has 27 heavy (non-hydrogen) atoms. The molecule has 0 radical (unpaired) electrons. The van der Waals surface area contributed by atoms with Gasteiger partial charge in [0.2, 0.25) is 0 Å². The first kappa shape index (κ1) is 18.8. The predicted molar refractivity (Wildman–Crippen MR) is 107 cm³/mol. The van der Waals surface area contributed by atoms with E-state index in [2.05, 4.69) is 40.5 Å². The van der Waals surface area contributed by atoms with Crippen LogP contribution in [0.1, 0.15) is 21.5 Å². The molecule has 0 aromatic heterocycles. The van der Waals surface area contributed by atoms with Crippen molar-refractivity contribution in [1.82, 2.24) is 10.2 Å². The minimum Gasteiger partial charge on any atom is -0.348 e. The molecule has 0 atom stereocenters. The first-order valence-electron chi connectivity index (χ1n) is 8.88. The van der Waals surface area contributed by atoms with Gasteiger partial charge >= 0.3 is 0 Å². The summed E-state index contributed by atoms with van der Waals surface area (Å²) < 4.78 is 13.0. The van der Waals surface area contributed by atoms with Gasteiger partial charge in [0.05, 0.1) is 0 Å². The largest absolute Gasteiger partial charge is 0.348 e. The van der Waals surface area contributed by atoms with E-state index in [1.54, 1.807) is 0 Å². The topological polar surface area (TPSA) is 32.3 Å². The number of amides is 1. The van der Waals surface area contributed by atoms with Gasteiger partial charge in [-0.05, 0) is 60.6 Å². The van der Waals surface area contributed by atoms with Gasteiger partial charge in [0.1, 0.15) is 5.82 Å². The zero-order chi connectivity index (χ0) is 19.2. The number of halogens is 1. The van der Waals surface area contributed by atoms with Crippen molar-refractivity contribution in [3.05, 3.63) is 95.3 Å². The van der Waals surface area contributed by atoms with Gasteiger partial charge in [0.15, 0.2) is 0 Å². The summed E-state index contributed by atoms with van der Waals surface area (Å²) in [4.78, 5) is 14.4. The molecule has 1 N–H and O–H groups in total. The van der Waals surface area contributed by atoms with Gasteiger partial charge in [-0.2, -0.15) is 0 Å². The van der Waals surface area contributed by atoms with E-state index >= 15 is 0 Å². The molecule has 1 amide bonds. The molecule has 0 aliphatic carbocycles. The van der Waals surface area contributed by atoms with Gasteiger partial charge in [-0.25, -0.2) is 4.39 Å². The number of benzene rings is 3. The number of nitrogens with zero attached hydrogens (tertiary/aromatic N) is 1. The number of hydrogen-bond donors (Lipinski definition) is 1. The fourth-order valence-corrected chi connectivity index (χ4v) is 2.99. The summed E-state index contributed by atoms with van der Waals surface area (Å²) in [6, 6.07) is 22.0. The standard InChI is InChI=1S/C23H23FN2O/c1-26(2)16-17-7-9-18(10-8-17)22-6-4-3-5-20(22)15-25-23(27)19-11-13-21(24)14-12-19/h3-14H,15-16H2,1-2H3,(H,25,27). The molecule has 0 saturated carbocycles. The second kappa shape index (κ2) is 8.60. The summed E-state index contributed by atoms with van der Waals surface area (Å²) in [5, 5.41) is 2.91. The Labute approximate surface area is 159 Å². The van der Waals surface area contributed by atoms with E-state index < -0.39 is 0 Å². The predicted octanol–water partition coefficient (Wildman–Crippen LogP) is 4.48. The lowest BCUT2D eigenvalue weighted by atomic mass is 9.98. The monoisotopic (exact) mass is 362 g/mol. The second-order valence-corrected chi connectivity index (χ2v) is 6.78. The Balaban J connectivity index is 1.74. The Morgan fingerprint density at radius 2 is 1.59 bits per heavy atom. The number of carbonyl (C=O) groups excluding carboxylic acids is 1. The molecule has 0 aliphatic heterocycles. The van der Waals surface area contributed by atoms with E-state index in [9.17, 15) is 9.18 Å². The lowest BCUT2D eigenvalue weighted by Gasteiger charge is -2.13. The van der Waals surface area contributed by atoms with Gasteiger partial charge in [0.25, 0.3) is 5.91 Å². The van der Waals surface area contributed by atoms with Crippen LogP contribution in [-0.2, 0) is 13.1 Å². The molecule has 3 aromatic carbocycles. The summed E-state index contributed by atoms with van der Waals surface area (Å²) in [5.74, 6) is -0.569. The normalized spacial score (nSPS) is 10.8. The number of hydrogen-bond acceptors (Lipinski definition) is 2. The van der Waals surface area contributed by atoms with Crippen LogP contribution in [0, 0.1) is 5.82 Å². The van der Waals surface area contributed by atoms with Gasteiger partial charge in [-0.15, -0.1) is 0 Å². The smallest absolute Gasteiger partial charge is 0.251 e. The molecular weight excluding hydrogens is 339 g/mol. The summed E-state index contributed by atoms with van der Waals surface area (Å²) >= 11 is 0. The van der Waals surface area contributed by atoms with Crippen LogP contribution in [0.3, 0.4) is 0 Å². The van der Waals surface area contributed by atoms with Crippen molar-refractivity contribution in [1.29, 1.82) is 0 Å². The van der Waals surface area contributed by atoms with Crippen LogP contribution in [0.15, 0.2) is 72.8 Å². The van der Waals surface area contributed by atoms with Gasteiger partial charge in [-0.3, -0.25) is 4.79 Å².